The van der Waals surface area contributed by atoms with Crippen molar-refractivity contribution in [3.05, 3.63) is 0 Å². The zero-order valence-electron chi connectivity index (χ0n) is 45.3. The van der Waals surface area contributed by atoms with E-state index in [4.69, 9.17) is 47.4 Å². The van der Waals surface area contributed by atoms with Gasteiger partial charge in [-0.05, 0) is 160 Å². The molecule has 402 valence electrons. The van der Waals surface area contributed by atoms with Crippen LogP contribution < -0.4 is 0 Å². The second kappa shape index (κ2) is 25.2. The first-order valence-corrected chi connectivity index (χ1v) is 25.8. The fourth-order valence-corrected chi connectivity index (χ4v) is 10.2. The smallest absolute Gasteiger partial charge is 0.347 e. The predicted molar refractivity (Wildman–Crippen MR) is 256 cm³/mol. The molecule has 0 amide bonds. The van der Waals surface area contributed by atoms with Crippen molar-refractivity contribution in [3.63, 3.8) is 0 Å². The first-order valence-electron chi connectivity index (χ1n) is 25.8. The molecule has 0 aromatic heterocycles. The van der Waals surface area contributed by atoms with Gasteiger partial charge >= 0.3 is 41.8 Å². The van der Waals surface area contributed by atoms with Gasteiger partial charge < -0.3 is 47.4 Å². The molecule has 3 aliphatic rings. The van der Waals surface area contributed by atoms with Crippen molar-refractivity contribution in [1.82, 2.24) is 0 Å². The van der Waals surface area contributed by atoms with Gasteiger partial charge in [0.05, 0.1) is 58.9 Å². The summed E-state index contributed by atoms with van der Waals surface area (Å²) in [5.41, 5.74) is -8.83. The number of rotatable bonds is 30. The Labute approximate surface area is 417 Å². The van der Waals surface area contributed by atoms with Gasteiger partial charge in [-0.3, -0.25) is 28.8 Å². The summed E-state index contributed by atoms with van der Waals surface area (Å²) in [7, 11) is 0. The first kappa shape index (κ1) is 60.5. The highest BCUT2D eigenvalue weighted by molar-refractivity contribution is 5.87. The van der Waals surface area contributed by atoms with Crippen LogP contribution in [0.25, 0.3) is 0 Å². The Kier molecular flexibility index (Phi) is 21.8. The Hall–Kier alpha value is -3.83. The highest BCUT2D eigenvalue weighted by Gasteiger charge is 2.61. The lowest BCUT2D eigenvalue weighted by Gasteiger charge is -2.44. The second-order valence-corrected chi connectivity index (χ2v) is 22.4. The molecule has 9 unspecified atom stereocenters. The average molecular weight is 997 g/mol. The molecule has 2 heterocycles. The summed E-state index contributed by atoms with van der Waals surface area (Å²) in [5, 5.41) is 0. The van der Waals surface area contributed by atoms with Crippen LogP contribution in [0, 0.1) is 32.5 Å². The molecular weight excluding hydrogens is 909 g/mol. The van der Waals surface area contributed by atoms with Gasteiger partial charge in [-0.15, -0.1) is 0 Å². The maximum absolute atomic E-state index is 15.0. The van der Waals surface area contributed by atoms with Crippen LogP contribution in [0.1, 0.15) is 200 Å². The SMILES string of the molecule is CCCOC(C)OC(=O)C(C)(CC)CC(C)(CC1(CC(C)(CC(C)(C)C(=O)OC2(CC)CCCC2)C(=O)OC2CCOC2=O)CC(C)OC1=O)C(=O)OC(C)OCCCOC(C)OC(=O)C(C)(C)CC. The lowest BCUT2D eigenvalue weighted by molar-refractivity contribution is -0.197. The lowest BCUT2D eigenvalue weighted by atomic mass is 9.58. The molecule has 0 bridgehead atoms. The minimum absolute atomic E-state index is 0.0533. The third kappa shape index (κ3) is 16.1. The van der Waals surface area contributed by atoms with Gasteiger partial charge in [0, 0.05) is 12.8 Å². The average Bonchev–Trinajstić information content (AvgIpc) is 3.99. The Morgan fingerprint density at radius 2 is 1.17 bits per heavy atom. The van der Waals surface area contributed by atoms with Crippen molar-refractivity contribution in [2.45, 2.75) is 237 Å². The molecule has 2 saturated heterocycles. The second-order valence-electron chi connectivity index (χ2n) is 22.4. The molecule has 70 heavy (non-hydrogen) atoms. The van der Waals surface area contributed by atoms with Crippen LogP contribution in [0.15, 0.2) is 0 Å². The lowest BCUT2D eigenvalue weighted by Crippen LogP contribution is -2.49. The zero-order valence-corrected chi connectivity index (χ0v) is 45.3. The molecule has 3 rings (SSSR count). The van der Waals surface area contributed by atoms with Crippen LogP contribution >= 0.6 is 0 Å². The minimum atomic E-state index is -1.66. The van der Waals surface area contributed by atoms with Gasteiger partial charge in [0.15, 0.2) is 18.9 Å². The third-order valence-corrected chi connectivity index (χ3v) is 14.7. The Morgan fingerprint density at radius 1 is 0.657 bits per heavy atom. The fraction of sp³-hybridized carbons (Fsp3) is 0.868. The molecule has 2 aliphatic heterocycles. The van der Waals surface area contributed by atoms with E-state index in [1.807, 2.05) is 20.8 Å². The number of cyclic esters (lactones) is 2. The third-order valence-electron chi connectivity index (χ3n) is 14.7. The highest BCUT2D eigenvalue weighted by Crippen LogP contribution is 2.56. The standard InChI is InChI=1S/C53H88O17/c1-16-26-61-36(6)67-43(57)49(13,18-3)32-51(15,44(58)68-38(8)63-28-22-27-62-37(7)66-41(55)47(9,10)17-2)34-52(30-35(5)65-46(52)60)33-50(14,45(59)69-39-23-29-64-40(39)54)31-48(11,12)42(56)70-53(19-4)24-20-21-25-53/h35-39H,16-34H2,1-15H3. The van der Waals surface area contributed by atoms with E-state index in [0.29, 0.717) is 32.3 Å². The molecule has 1 saturated carbocycles. The van der Waals surface area contributed by atoms with Crippen molar-refractivity contribution < 1.29 is 80.9 Å². The summed E-state index contributed by atoms with van der Waals surface area (Å²) >= 11 is 0. The van der Waals surface area contributed by atoms with E-state index in [2.05, 4.69) is 0 Å². The number of esters is 7. The van der Waals surface area contributed by atoms with Crippen molar-refractivity contribution in [2.24, 2.45) is 32.5 Å². The van der Waals surface area contributed by atoms with Gasteiger partial charge in [-0.25, -0.2) is 4.79 Å². The molecule has 0 radical (unpaired) electrons. The van der Waals surface area contributed by atoms with E-state index >= 15 is 0 Å². The Morgan fingerprint density at radius 3 is 1.63 bits per heavy atom. The number of hydrogen-bond acceptors (Lipinski definition) is 17. The fourth-order valence-electron chi connectivity index (χ4n) is 10.2. The Bertz CT molecular complexity index is 1800. The van der Waals surface area contributed by atoms with E-state index < -0.39 is 105 Å². The monoisotopic (exact) mass is 997 g/mol. The number of carbonyl (C=O) groups excluding carboxylic acids is 7. The summed E-state index contributed by atoms with van der Waals surface area (Å²) in [6.45, 7) is 26.7. The zero-order chi connectivity index (χ0) is 52.9. The van der Waals surface area contributed by atoms with Crippen LogP contribution in [0.3, 0.4) is 0 Å². The van der Waals surface area contributed by atoms with Crippen LogP contribution in [0.2, 0.25) is 0 Å². The maximum Gasteiger partial charge on any atom is 0.347 e. The molecule has 17 heteroatoms. The molecule has 17 nitrogen and oxygen atoms in total. The van der Waals surface area contributed by atoms with Crippen molar-refractivity contribution in [2.75, 3.05) is 26.4 Å². The van der Waals surface area contributed by atoms with Gasteiger partial charge in [0.2, 0.25) is 6.10 Å². The molecule has 0 N–H and O–H groups in total. The minimum Gasteiger partial charge on any atom is -0.463 e. The molecular formula is C53H88O17. The number of ether oxygens (including phenoxy) is 10. The van der Waals surface area contributed by atoms with Crippen molar-refractivity contribution >= 4 is 41.8 Å². The summed E-state index contributed by atoms with van der Waals surface area (Å²) in [6.07, 6.45) is 0.471. The largest absolute Gasteiger partial charge is 0.463 e. The van der Waals surface area contributed by atoms with Crippen LogP contribution in [0.5, 0.6) is 0 Å². The predicted octanol–water partition coefficient (Wildman–Crippen LogP) is 9.40. The van der Waals surface area contributed by atoms with Gasteiger partial charge in [-0.2, -0.15) is 0 Å². The highest BCUT2D eigenvalue weighted by atomic mass is 16.7. The molecule has 0 spiro atoms. The van der Waals surface area contributed by atoms with E-state index in [1.165, 1.54) is 0 Å². The quantitative estimate of drug-likeness (QED) is 0.0284. The van der Waals surface area contributed by atoms with Gasteiger partial charge in [0.25, 0.3) is 0 Å². The Balaban J connectivity index is 2.04. The summed E-state index contributed by atoms with van der Waals surface area (Å²) in [4.78, 5) is 98.0. The topological polar surface area (TPSA) is 212 Å². The van der Waals surface area contributed by atoms with Crippen molar-refractivity contribution in [1.29, 1.82) is 0 Å². The summed E-state index contributed by atoms with van der Waals surface area (Å²) in [6, 6.07) is 0. The molecule has 1 aliphatic carbocycles. The van der Waals surface area contributed by atoms with Crippen LogP contribution in [-0.2, 0) is 80.9 Å². The van der Waals surface area contributed by atoms with E-state index in [0.717, 1.165) is 25.7 Å². The molecule has 0 aromatic carbocycles. The normalized spacial score (nSPS) is 24.2. The molecule has 9 atom stereocenters. The summed E-state index contributed by atoms with van der Waals surface area (Å²) in [5.74, 6) is -4.50. The van der Waals surface area contributed by atoms with Crippen LogP contribution in [0.4, 0.5) is 0 Å². The van der Waals surface area contributed by atoms with Gasteiger partial charge in [-0.1, -0.05) is 27.7 Å². The molecule has 0 aromatic rings. The van der Waals surface area contributed by atoms with E-state index in [9.17, 15) is 33.6 Å². The maximum atomic E-state index is 15.0. The first-order chi connectivity index (χ1) is 32.5. The summed E-state index contributed by atoms with van der Waals surface area (Å²) < 4.78 is 57.8. The van der Waals surface area contributed by atoms with Crippen LogP contribution in [-0.4, -0.2) is 105 Å². The molecule has 3 fully saturated rings. The van der Waals surface area contributed by atoms with E-state index in [1.54, 1.807) is 83.1 Å². The van der Waals surface area contributed by atoms with Gasteiger partial charge in [0.1, 0.15) is 11.7 Å². The van der Waals surface area contributed by atoms with E-state index in [-0.39, 0.29) is 70.7 Å². The van der Waals surface area contributed by atoms with Crippen molar-refractivity contribution in [3.8, 4) is 0 Å². The number of hydrogen-bond donors (Lipinski definition) is 0. The number of carbonyl (C=O) groups is 7.